The predicted octanol–water partition coefficient (Wildman–Crippen LogP) is 1.83. The number of nitrogens with one attached hydrogen (secondary N) is 2. The molecule has 0 fully saturated rings. The number of hydrogen-bond acceptors (Lipinski definition) is 3. The summed E-state index contributed by atoms with van der Waals surface area (Å²) in [6, 6.07) is 6.00. The number of hydrogen-bond donors (Lipinski definition) is 3. The fourth-order valence-electron chi connectivity index (χ4n) is 2.52. The van der Waals surface area contributed by atoms with Crippen molar-refractivity contribution in [2.45, 2.75) is 26.8 Å². The Hall–Kier alpha value is -1.92. The van der Waals surface area contributed by atoms with Gasteiger partial charge < -0.3 is 20.3 Å². The Bertz CT molecular complexity index is 770. The number of H-pyrrole nitrogens is 1. The number of thiocarbonyl (C=S) groups is 1. The van der Waals surface area contributed by atoms with Crippen LogP contribution in [0.4, 0.5) is 0 Å². The number of aliphatic hydroxyl groups excluding tert-OH is 1. The Morgan fingerprint density at radius 3 is 2.65 bits per heavy atom. The average molecular weight is 333 g/mol. The summed E-state index contributed by atoms with van der Waals surface area (Å²) in [5.74, 6) is 0. The topological polar surface area (TPSA) is 68.4 Å². The summed E-state index contributed by atoms with van der Waals surface area (Å²) in [4.78, 5) is 17.2. The minimum Gasteiger partial charge on any atom is -0.396 e. The van der Waals surface area contributed by atoms with Crippen molar-refractivity contribution in [1.29, 1.82) is 0 Å². The third-order valence-electron chi connectivity index (χ3n) is 3.98. The molecule has 2 rings (SSSR count). The van der Waals surface area contributed by atoms with Crippen molar-refractivity contribution in [3.8, 4) is 0 Å². The molecular weight excluding hydrogens is 310 g/mol. The van der Waals surface area contributed by atoms with Crippen molar-refractivity contribution in [3.05, 3.63) is 45.2 Å². The van der Waals surface area contributed by atoms with Gasteiger partial charge in [0.25, 0.3) is 5.56 Å². The van der Waals surface area contributed by atoms with E-state index in [1.165, 1.54) is 5.56 Å². The lowest BCUT2D eigenvalue weighted by Crippen LogP contribution is -2.39. The molecule has 5 nitrogen and oxygen atoms in total. The first-order valence-electron chi connectivity index (χ1n) is 7.67. The van der Waals surface area contributed by atoms with E-state index in [1.54, 1.807) is 7.05 Å². The van der Waals surface area contributed by atoms with E-state index in [4.69, 9.17) is 17.3 Å². The van der Waals surface area contributed by atoms with E-state index >= 15 is 0 Å². The molecule has 0 atom stereocenters. The molecule has 0 aliphatic heterocycles. The molecule has 0 radical (unpaired) electrons. The maximum absolute atomic E-state index is 12.4. The quantitative estimate of drug-likeness (QED) is 0.729. The number of aromatic amines is 1. The summed E-state index contributed by atoms with van der Waals surface area (Å²) in [6.07, 6.45) is 0.603. The smallest absolute Gasteiger partial charge is 0.253 e. The first-order valence-corrected chi connectivity index (χ1v) is 8.07. The highest BCUT2D eigenvalue weighted by molar-refractivity contribution is 7.80. The van der Waals surface area contributed by atoms with Gasteiger partial charge in [-0.05, 0) is 67.2 Å². The van der Waals surface area contributed by atoms with Crippen molar-refractivity contribution in [1.82, 2.24) is 15.2 Å². The number of aromatic nitrogens is 1. The minimum atomic E-state index is -0.103. The molecule has 0 saturated carbocycles. The van der Waals surface area contributed by atoms with Crippen LogP contribution in [0.5, 0.6) is 0 Å². The highest BCUT2D eigenvalue weighted by atomic mass is 32.1. The predicted molar refractivity (Wildman–Crippen MR) is 97.8 cm³/mol. The molecule has 2 aromatic rings. The lowest BCUT2D eigenvalue weighted by Gasteiger charge is -2.24. The average Bonchev–Trinajstić information content (AvgIpc) is 2.53. The van der Waals surface area contributed by atoms with Gasteiger partial charge >= 0.3 is 0 Å². The van der Waals surface area contributed by atoms with Crippen molar-refractivity contribution in [2.75, 3.05) is 20.2 Å². The second-order valence-electron chi connectivity index (χ2n) is 5.70. The van der Waals surface area contributed by atoms with E-state index in [0.29, 0.717) is 30.2 Å². The van der Waals surface area contributed by atoms with Crippen molar-refractivity contribution in [2.24, 2.45) is 0 Å². The fourth-order valence-corrected chi connectivity index (χ4v) is 2.67. The van der Waals surface area contributed by atoms with Crippen LogP contribution in [0.3, 0.4) is 0 Å². The van der Waals surface area contributed by atoms with Gasteiger partial charge in [-0.25, -0.2) is 0 Å². The Kier molecular flexibility index (Phi) is 5.74. The monoisotopic (exact) mass is 333 g/mol. The van der Waals surface area contributed by atoms with Gasteiger partial charge in [-0.3, -0.25) is 4.79 Å². The van der Waals surface area contributed by atoms with Crippen molar-refractivity contribution in [3.63, 3.8) is 0 Å². The number of benzene rings is 1. The summed E-state index contributed by atoms with van der Waals surface area (Å²) >= 11 is 5.29. The first-order chi connectivity index (χ1) is 11.0. The summed E-state index contributed by atoms with van der Waals surface area (Å²) in [6.45, 7) is 5.19. The Balaban J connectivity index is 2.37. The number of fused-ring (bicyclic) bond motifs is 1. The molecule has 1 aromatic carbocycles. The molecule has 1 aromatic heterocycles. The molecule has 0 aliphatic rings. The van der Waals surface area contributed by atoms with Gasteiger partial charge in [0.15, 0.2) is 5.11 Å². The van der Waals surface area contributed by atoms with Crippen LogP contribution in [0.2, 0.25) is 0 Å². The number of pyridine rings is 1. The molecule has 3 N–H and O–H groups in total. The number of nitrogens with zero attached hydrogens (tertiary/aromatic N) is 1. The minimum absolute atomic E-state index is 0.0926. The number of rotatable bonds is 5. The summed E-state index contributed by atoms with van der Waals surface area (Å²) in [7, 11) is 1.75. The molecule has 0 bridgehead atoms. The van der Waals surface area contributed by atoms with Crippen LogP contribution in [0.1, 0.15) is 23.1 Å². The van der Waals surface area contributed by atoms with Gasteiger partial charge in [0.1, 0.15) is 0 Å². The Morgan fingerprint density at radius 2 is 2.00 bits per heavy atom. The number of aryl methyl sites for hydroxylation is 2. The van der Waals surface area contributed by atoms with Crippen LogP contribution in [0, 0.1) is 13.8 Å². The molecule has 1 heterocycles. The van der Waals surface area contributed by atoms with Crippen LogP contribution in [0.25, 0.3) is 10.9 Å². The molecule has 23 heavy (non-hydrogen) atoms. The molecule has 0 unspecified atom stereocenters. The van der Waals surface area contributed by atoms with E-state index in [-0.39, 0.29) is 12.2 Å². The summed E-state index contributed by atoms with van der Waals surface area (Å²) in [5, 5.41) is 13.5. The van der Waals surface area contributed by atoms with Gasteiger partial charge in [0.05, 0.1) is 6.54 Å². The largest absolute Gasteiger partial charge is 0.396 e. The molecule has 0 saturated heterocycles. The molecular formula is C17H23N3O2S. The standard InChI is InChI=1S/C17H23N3O2S/c1-11-7-13-9-14(16(22)19-15(13)8-12(11)2)10-20(5-4-6-21)17(23)18-3/h7-9,21H,4-6,10H2,1-3H3,(H,18,23)(H,19,22). The SMILES string of the molecule is CNC(=S)N(CCCO)Cc1cc2cc(C)c(C)cc2[nH]c1=O. The molecule has 0 amide bonds. The second-order valence-corrected chi connectivity index (χ2v) is 6.09. The second kappa shape index (κ2) is 7.57. The van der Waals surface area contributed by atoms with E-state index < -0.39 is 0 Å². The maximum atomic E-state index is 12.4. The Morgan fingerprint density at radius 1 is 1.30 bits per heavy atom. The molecule has 0 spiro atoms. The normalized spacial score (nSPS) is 10.8. The van der Waals surface area contributed by atoms with Crippen LogP contribution < -0.4 is 10.9 Å². The van der Waals surface area contributed by atoms with Crippen molar-refractivity contribution >= 4 is 28.2 Å². The third-order valence-corrected chi connectivity index (χ3v) is 4.45. The van der Waals surface area contributed by atoms with Gasteiger partial charge in [-0.15, -0.1) is 0 Å². The van der Waals surface area contributed by atoms with E-state index in [2.05, 4.69) is 23.3 Å². The van der Waals surface area contributed by atoms with E-state index in [0.717, 1.165) is 16.5 Å². The molecule has 124 valence electrons. The third kappa shape index (κ3) is 4.09. The lowest BCUT2D eigenvalue weighted by atomic mass is 10.0. The van der Waals surface area contributed by atoms with E-state index in [1.807, 2.05) is 24.0 Å². The van der Waals surface area contributed by atoms with Crippen LogP contribution in [-0.4, -0.2) is 40.3 Å². The number of aliphatic hydroxyl groups is 1. The lowest BCUT2D eigenvalue weighted by molar-refractivity contribution is 0.264. The molecule has 6 heteroatoms. The Labute approximate surface area is 141 Å². The van der Waals surface area contributed by atoms with E-state index in [9.17, 15) is 4.79 Å². The first kappa shape index (κ1) is 17.4. The van der Waals surface area contributed by atoms with Gasteiger partial charge in [-0.1, -0.05) is 0 Å². The zero-order chi connectivity index (χ0) is 17.0. The zero-order valence-electron chi connectivity index (χ0n) is 13.8. The maximum Gasteiger partial charge on any atom is 0.253 e. The van der Waals surface area contributed by atoms with Crippen molar-refractivity contribution < 1.29 is 5.11 Å². The molecule has 0 aliphatic carbocycles. The van der Waals surface area contributed by atoms with Crippen LogP contribution in [0.15, 0.2) is 23.0 Å². The summed E-state index contributed by atoms with van der Waals surface area (Å²) < 4.78 is 0. The fraction of sp³-hybridized carbons (Fsp3) is 0.412. The highest BCUT2D eigenvalue weighted by Gasteiger charge is 2.12. The van der Waals surface area contributed by atoms with Gasteiger partial charge in [0, 0.05) is 31.3 Å². The van der Waals surface area contributed by atoms with Crippen LogP contribution in [-0.2, 0) is 6.54 Å². The van der Waals surface area contributed by atoms with Gasteiger partial charge in [0.2, 0.25) is 0 Å². The summed E-state index contributed by atoms with van der Waals surface area (Å²) in [5.41, 5.74) is 3.75. The zero-order valence-corrected chi connectivity index (χ0v) is 14.6. The van der Waals surface area contributed by atoms with Crippen LogP contribution >= 0.6 is 12.2 Å². The van der Waals surface area contributed by atoms with Gasteiger partial charge in [-0.2, -0.15) is 0 Å². The highest BCUT2D eigenvalue weighted by Crippen LogP contribution is 2.17.